The molecule has 0 aliphatic rings. The number of nitrogens with one attached hydrogen (secondary N) is 1. The number of nitrogens with two attached hydrogens (primary N) is 1. The highest BCUT2D eigenvalue weighted by atomic mass is 19.3. The number of alkyl halides is 2. The van der Waals surface area contributed by atoms with Crippen LogP contribution in [0.5, 0.6) is 11.5 Å². The minimum absolute atomic E-state index is 0.00824. The molecule has 0 spiro atoms. The molecule has 0 aliphatic heterocycles. The smallest absolute Gasteiger partial charge is 0.387 e. The molecule has 22 heavy (non-hydrogen) atoms. The van der Waals surface area contributed by atoms with E-state index >= 15 is 0 Å². The Kier molecular flexibility index (Phi) is 3.69. The molecule has 2 heterocycles. The van der Waals surface area contributed by atoms with Gasteiger partial charge in [0.05, 0.1) is 0 Å². The fourth-order valence-corrected chi connectivity index (χ4v) is 1.93. The van der Waals surface area contributed by atoms with Gasteiger partial charge in [0.1, 0.15) is 18.2 Å². The highest BCUT2D eigenvalue weighted by molar-refractivity contribution is 5.78. The second-order valence-corrected chi connectivity index (χ2v) is 4.32. The molecule has 0 bridgehead atoms. The predicted molar refractivity (Wildman–Crippen MR) is 73.5 cm³/mol. The van der Waals surface area contributed by atoms with Crippen molar-refractivity contribution in [2.75, 3.05) is 5.73 Å². The zero-order valence-corrected chi connectivity index (χ0v) is 11.2. The van der Waals surface area contributed by atoms with Crippen LogP contribution in [0.1, 0.15) is 5.56 Å². The third kappa shape index (κ3) is 2.87. The van der Waals surface area contributed by atoms with E-state index in [2.05, 4.69) is 25.1 Å². The van der Waals surface area contributed by atoms with E-state index in [0.29, 0.717) is 22.5 Å². The van der Waals surface area contributed by atoms with Gasteiger partial charge < -0.3 is 15.2 Å². The lowest BCUT2D eigenvalue weighted by molar-refractivity contribution is -0.0508. The minimum atomic E-state index is -2.90. The first-order chi connectivity index (χ1) is 10.6. The highest BCUT2D eigenvalue weighted by Crippen LogP contribution is 2.26. The lowest BCUT2D eigenvalue weighted by Gasteiger charge is -2.11. The number of nitrogens with zero attached hydrogens (tertiary/aromatic N) is 3. The first-order valence-corrected chi connectivity index (χ1v) is 6.26. The number of nitrogen functional groups attached to an aromatic ring is 1. The van der Waals surface area contributed by atoms with Crippen molar-refractivity contribution in [3.8, 4) is 11.5 Å². The molecule has 1 aromatic carbocycles. The van der Waals surface area contributed by atoms with E-state index in [4.69, 9.17) is 10.5 Å². The summed E-state index contributed by atoms with van der Waals surface area (Å²) in [4.78, 5) is 3.98. The molecule has 7 nitrogen and oxygen atoms in total. The Bertz CT molecular complexity index is 793. The van der Waals surface area contributed by atoms with E-state index in [1.54, 1.807) is 18.2 Å². The molecule has 0 amide bonds. The largest absolute Gasteiger partial charge is 0.486 e. The van der Waals surface area contributed by atoms with Crippen LogP contribution in [0.25, 0.3) is 11.2 Å². The second kappa shape index (κ2) is 5.80. The molecule has 2 aromatic heterocycles. The van der Waals surface area contributed by atoms with Crippen LogP contribution >= 0.6 is 0 Å². The summed E-state index contributed by atoms with van der Waals surface area (Å²) in [7, 11) is 0. The van der Waals surface area contributed by atoms with Gasteiger partial charge in [0, 0.05) is 11.6 Å². The monoisotopic (exact) mass is 307 g/mol. The van der Waals surface area contributed by atoms with Crippen LogP contribution in [0.15, 0.2) is 30.3 Å². The van der Waals surface area contributed by atoms with Gasteiger partial charge in [0.15, 0.2) is 11.3 Å². The SMILES string of the molecule is Nc1cc(OCc2ccccc2OC(F)F)c2n[nH]nc2n1. The van der Waals surface area contributed by atoms with Gasteiger partial charge in [0.2, 0.25) is 5.65 Å². The normalized spacial score (nSPS) is 11.0. The molecule has 3 rings (SSSR count). The number of H-pyrrole nitrogens is 1. The molecule has 114 valence electrons. The number of aromatic amines is 1. The van der Waals surface area contributed by atoms with Gasteiger partial charge in [-0.1, -0.05) is 18.2 Å². The van der Waals surface area contributed by atoms with Gasteiger partial charge in [-0.2, -0.15) is 19.1 Å². The molecular weight excluding hydrogens is 296 g/mol. The lowest BCUT2D eigenvalue weighted by atomic mass is 10.2. The van der Waals surface area contributed by atoms with Crippen LogP contribution in [0.3, 0.4) is 0 Å². The molecule has 3 aromatic rings. The standard InChI is InChI=1S/C13H11F2N5O2/c14-13(15)22-8-4-2-1-3-7(8)6-21-9-5-10(16)17-12-11(9)18-20-19-12/h1-5,13H,6H2,(H3,16,17,18,19,20). The average Bonchev–Trinajstić information content (AvgIpc) is 2.93. The summed E-state index contributed by atoms with van der Waals surface area (Å²) in [6.07, 6.45) is 0. The Morgan fingerprint density at radius 3 is 2.82 bits per heavy atom. The Morgan fingerprint density at radius 2 is 2.00 bits per heavy atom. The maximum absolute atomic E-state index is 12.4. The number of ether oxygens (including phenoxy) is 2. The van der Waals surface area contributed by atoms with E-state index in [9.17, 15) is 8.78 Å². The Balaban J connectivity index is 1.84. The highest BCUT2D eigenvalue weighted by Gasteiger charge is 2.13. The summed E-state index contributed by atoms with van der Waals surface area (Å²) in [6.45, 7) is -2.89. The number of hydrogen-bond donors (Lipinski definition) is 2. The number of hydrogen-bond acceptors (Lipinski definition) is 6. The maximum Gasteiger partial charge on any atom is 0.387 e. The number of fused-ring (bicyclic) bond motifs is 1. The fraction of sp³-hybridized carbons (Fsp3) is 0.154. The summed E-state index contributed by atoms with van der Waals surface area (Å²) < 4.78 is 34.8. The van der Waals surface area contributed by atoms with Crippen molar-refractivity contribution in [2.24, 2.45) is 0 Å². The number of pyridine rings is 1. The number of rotatable bonds is 5. The van der Waals surface area contributed by atoms with Gasteiger partial charge in [-0.05, 0) is 6.07 Å². The van der Waals surface area contributed by atoms with Crippen molar-refractivity contribution < 1.29 is 18.3 Å². The van der Waals surface area contributed by atoms with Gasteiger partial charge in [-0.25, -0.2) is 4.98 Å². The number of para-hydroxylation sites is 1. The molecule has 0 fully saturated rings. The predicted octanol–water partition coefficient (Wildman–Crippen LogP) is 2.12. The van der Waals surface area contributed by atoms with Gasteiger partial charge >= 0.3 is 6.61 Å². The third-order valence-electron chi connectivity index (χ3n) is 2.85. The average molecular weight is 307 g/mol. The maximum atomic E-state index is 12.4. The van der Waals surface area contributed by atoms with Crippen molar-refractivity contribution in [3.63, 3.8) is 0 Å². The summed E-state index contributed by atoms with van der Waals surface area (Å²) in [6, 6.07) is 7.85. The zero-order chi connectivity index (χ0) is 15.5. The summed E-state index contributed by atoms with van der Waals surface area (Å²) in [5.74, 6) is 0.618. The van der Waals surface area contributed by atoms with Crippen LogP contribution in [-0.2, 0) is 6.61 Å². The van der Waals surface area contributed by atoms with E-state index in [1.165, 1.54) is 12.1 Å². The number of benzene rings is 1. The summed E-state index contributed by atoms with van der Waals surface area (Å²) in [5, 5.41) is 10.2. The second-order valence-electron chi connectivity index (χ2n) is 4.32. The van der Waals surface area contributed by atoms with Crippen molar-refractivity contribution in [1.82, 2.24) is 20.4 Å². The van der Waals surface area contributed by atoms with Crippen LogP contribution < -0.4 is 15.2 Å². The van der Waals surface area contributed by atoms with Crippen LogP contribution in [-0.4, -0.2) is 27.0 Å². The van der Waals surface area contributed by atoms with Crippen LogP contribution in [0.2, 0.25) is 0 Å². The number of halogens is 2. The van der Waals surface area contributed by atoms with E-state index in [-0.39, 0.29) is 18.2 Å². The molecular formula is C13H11F2N5O2. The first-order valence-electron chi connectivity index (χ1n) is 6.26. The van der Waals surface area contributed by atoms with Crippen LogP contribution in [0.4, 0.5) is 14.6 Å². The van der Waals surface area contributed by atoms with E-state index < -0.39 is 6.61 Å². The summed E-state index contributed by atoms with van der Waals surface area (Å²) >= 11 is 0. The molecule has 0 saturated carbocycles. The van der Waals surface area contributed by atoms with Crippen molar-refractivity contribution in [3.05, 3.63) is 35.9 Å². The van der Waals surface area contributed by atoms with Crippen molar-refractivity contribution in [1.29, 1.82) is 0 Å². The number of anilines is 1. The molecule has 3 N–H and O–H groups in total. The minimum Gasteiger partial charge on any atom is -0.486 e. The van der Waals surface area contributed by atoms with E-state index in [1.807, 2.05) is 0 Å². The Labute approximate surface area is 123 Å². The van der Waals surface area contributed by atoms with Crippen molar-refractivity contribution >= 4 is 17.0 Å². The lowest BCUT2D eigenvalue weighted by Crippen LogP contribution is -2.06. The molecule has 0 aliphatic carbocycles. The molecule has 0 atom stereocenters. The molecule has 9 heteroatoms. The number of aromatic nitrogens is 4. The Hall–Kier alpha value is -2.97. The first kappa shape index (κ1) is 14.0. The molecule has 0 unspecified atom stereocenters. The van der Waals surface area contributed by atoms with Gasteiger partial charge in [-0.3, -0.25) is 0 Å². The van der Waals surface area contributed by atoms with Crippen LogP contribution in [0, 0.1) is 0 Å². The van der Waals surface area contributed by atoms with E-state index in [0.717, 1.165) is 0 Å². The molecule has 0 radical (unpaired) electrons. The summed E-state index contributed by atoms with van der Waals surface area (Å²) in [5.41, 5.74) is 6.84. The Morgan fingerprint density at radius 1 is 1.18 bits per heavy atom. The quantitative estimate of drug-likeness (QED) is 0.749. The fourth-order valence-electron chi connectivity index (χ4n) is 1.93. The zero-order valence-electron chi connectivity index (χ0n) is 11.2. The third-order valence-corrected chi connectivity index (χ3v) is 2.85. The van der Waals surface area contributed by atoms with Crippen molar-refractivity contribution in [2.45, 2.75) is 13.2 Å². The van der Waals surface area contributed by atoms with Gasteiger partial charge in [-0.15, -0.1) is 5.10 Å². The molecule has 0 saturated heterocycles. The topological polar surface area (TPSA) is 98.9 Å². The van der Waals surface area contributed by atoms with Gasteiger partial charge in [0.25, 0.3) is 0 Å².